The topological polar surface area (TPSA) is 557 Å². The summed E-state index contributed by atoms with van der Waals surface area (Å²) in [5.74, 6) is -13.7. The van der Waals surface area contributed by atoms with E-state index in [1.165, 1.54) is 55.1 Å². The summed E-state index contributed by atoms with van der Waals surface area (Å²) in [7, 11) is 0. The average Bonchev–Trinajstić information content (AvgIpc) is 0.847. The van der Waals surface area contributed by atoms with E-state index >= 15 is 0 Å². The van der Waals surface area contributed by atoms with Gasteiger partial charge >= 0.3 is 5.97 Å². The molecule has 594 valence electrons. The van der Waals surface area contributed by atoms with E-state index in [-0.39, 0.29) is 107 Å². The van der Waals surface area contributed by atoms with Gasteiger partial charge in [0.15, 0.2) is 5.96 Å². The summed E-state index contributed by atoms with van der Waals surface area (Å²) in [6.45, 7) is 19.1. The maximum absolute atomic E-state index is 14.8. The third-order valence-corrected chi connectivity index (χ3v) is 18.6. The number of carbonyl (C=O) groups excluding carboxylic acids is 12. The summed E-state index contributed by atoms with van der Waals surface area (Å²) in [6, 6.07) is -4.42. The van der Waals surface area contributed by atoms with Gasteiger partial charge in [-0.05, 0) is 148 Å². The summed E-state index contributed by atoms with van der Waals surface area (Å²) in [4.78, 5) is 186. The van der Waals surface area contributed by atoms with Gasteiger partial charge in [-0.25, -0.2) is 4.79 Å². The van der Waals surface area contributed by atoms with E-state index in [9.17, 15) is 77.6 Å². The maximum atomic E-state index is 14.8. The second-order valence-corrected chi connectivity index (χ2v) is 28.9. The number of aliphatic imine (C=N–C) groups is 1. The van der Waals surface area contributed by atoms with Crippen LogP contribution in [0.15, 0.2) is 53.5 Å². The Kier molecular flexibility index (Phi) is 42.0. The number of nitrogens with two attached hydrogens (primary N) is 5. The minimum absolute atomic E-state index is 0.00738. The van der Waals surface area contributed by atoms with Crippen molar-refractivity contribution < 1.29 is 77.6 Å². The molecule has 0 bridgehead atoms. The molecule has 0 aliphatic heterocycles. The fraction of sp³-hybridized carbons (Fsp3) is 0.639. The molecule has 0 aliphatic rings. The smallest absolute Gasteiger partial charge is 0.326 e. The Bertz CT molecular complexity index is 3230. The molecule has 34 heteroatoms. The molecule has 12 amide bonds. The Morgan fingerprint density at radius 3 is 1.25 bits per heavy atom. The number of primary amides is 1. The number of rotatable bonds is 50. The van der Waals surface area contributed by atoms with E-state index in [1.807, 2.05) is 27.7 Å². The van der Waals surface area contributed by atoms with Gasteiger partial charge < -0.3 is 102 Å². The number of aromatic hydroxyl groups is 2. The molecule has 2 aromatic carbocycles. The quantitative estimate of drug-likeness (QED) is 0.0229. The van der Waals surface area contributed by atoms with Crippen molar-refractivity contribution in [2.45, 2.75) is 239 Å². The zero-order valence-electron chi connectivity index (χ0n) is 63.3. The number of hydrogen-bond acceptors (Lipinski definition) is 19. The van der Waals surface area contributed by atoms with Crippen LogP contribution in [0.4, 0.5) is 0 Å². The van der Waals surface area contributed by atoms with E-state index in [0.717, 1.165) is 0 Å². The van der Waals surface area contributed by atoms with Crippen LogP contribution in [0.1, 0.15) is 164 Å². The second-order valence-electron chi connectivity index (χ2n) is 27.9. The standard InChI is InChI=1S/C72H119N17O16S/c1-13-40(8)57(88-67(100)53(34-39(6)7)84-65(98)52(33-38(4)5)83-60(93)43(11)79-61(94)48(74)35-44-21-25-46(90)26-22-44)69(102)82-50(20-18-31-78-72(76)77)62(95)81-51(29-32-106-12)64(97)87-58(41(9)14-2)70(103)86-54(36-45-23-27-47(91)28-24-45)66(99)80-49(19-16-17-30-73)63(96)85-55(37-56(75)92)68(101)89-59(71(104)105)42(10)15-3/h21-28,38-43,48-55,57-59,90-91H,13-20,29-37,73-74H2,1-12H3,(H2,75,92)(H,79,94)(H,80,99)(H,81,95)(H,82,102)(H,83,93)(H,84,98)(H,85,96)(H,86,103)(H,87,97)(H,88,100)(H,89,101)(H,104,105)(H4,76,77,78)/t40-,41-,42-,43-,48-,49-,50-,51-,52-,53-,54-,55-,57-,58-,59-/m0/s1. The van der Waals surface area contributed by atoms with Crippen molar-refractivity contribution in [3.05, 3.63) is 59.7 Å². The predicted octanol–water partition coefficient (Wildman–Crippen LogP) is -0.311. The van der Waals surface area contributed by atoms with Crippen LogP contribution in [0, 0.1) is 29.6 Å². The number of thioether (sulfide) groups is 1. The van der Waals surface area contributed by atoms with Gasteiger partial charge in [0.2, 0.25) is 70.9 Å². The van der Waals surface area contributed by atoms with Crippen molar-refractivity contribution in [2.75, 3.05) is 25.1 Å². The SMILES string of the molecule is CC[C@H](C)[C@H](NC(=O)[C@H](CC(N)=O)NC(=O)[C@H](CCCCN)NC(=O)[C@H](Cc1ccc(O)cc1)NC(=O)[C@@H](NC(=O)[C@H](CCSC)NC(=O)[C@H](CCCN=C(N)N)NC(=O)[C@@H](NC(=O)[C@H](CC(C)C)NC(=O)[C@H](CC(C)C)NC(=O)[C@H](C)NC(=O)[C@@H](N)Cc1ccc(O)cc1)[C@@H](C)CC)[C@@H](C)CC)C(=O)O. The highest BCUT2D eigenvalue weighted by molar-refractivity contribution is 7.98. The lowest BCUT2D eigenvalue weighted by molar-refractivity contribution is -0.144. The second kappa shape index (κ2) is 48.0. The molecule has 0 heterocycles. The first-order valence-corrected chi connectivity index (χ1v) is 37.7. The zero-order valence-corrected chi connectivity index (χ0v) is 64.2. The summed E-state index contributed by atoms with van der Waals surface area (Å²) in [6.07, 6.45) is 2.58. The van der Waals surface area contributed by atoms with Crippen LogP contribution >= 0.6 is 11.8 Å². The molecule has 0 aromatic heterocycles. The van der Waals surface area contributed by atoms with Crippen LogP contribution in [-0.2, 0) is 75.2 Å². The predicted molar refractivity (Wildman–Crippen MR) is 403 cm³/mol. The molecule has 0 fully saturated rings. The molecule has 15 atom stereocenters. The van der Waals surface area contributed by atoms with Crippen molar-refractivity contribution in [3.63, 3.8) is 0 Å². The lowest BCUT2D eigenvalue weighted by Crippen LogP contribution is -2.62. The van der Waals surface area contributed by atoms with Crippen LogP contribution in [0.2, 0.25) is 0 Å². The molecule has 0 saturated carbocycles. The molecule has 33 nitrogen and oxygen atoms in total. The van der Waals surface area contributed by atoms with Gasteiger partial charge in [0.05, 0.1) is 12.5 Å². The Hall–Kier alpha value is -9.31. The molecular formula is C72H119N17O16S. The van der Waals surface area contributed by atoms with Crippen molar-refractivity contribution in [2.24, 2.45) is 63.3 Å². The van der Waals surface area contributed by atoms with Gasteiger partial charge in [0.25, 0.3) is 0 Å². The molecule has 0 unspecified atom stereocenters. The van der Waals surface area contributed by atoms with E-state index < -0.39 is 174 Å². The molecule has 2 rings (SSSR count). The molecule has 0 aliphatic carbocycles. The van der Waals surface area contributed by atoms with Crippen molar-refractivity contribution >= 4 is 94.6 Å². The molecule has 24 N–H and O–H groups in total. The minimum Gasteiger partial charge on any atom is -0.508 e. The molecule has 0 spiro atoms. The number of aliphatic carboxylic acids is 1. The van der Waals surface area contributed by atoms with Crippen LogP contribution in [0.5, 0.6) is 11.5 Å². The Balaban J connectivity index is 2.57. The van der Waals surface area contributed by atoms with Crippen LogP contribution in [0.25, 0.3) is 0 Å². The van der Waals surface area contributed by atoms with Crippen molar-refractivity contribution in [1.82, 2.24) is 58.5 Å². The fourth-order valence-corrected chi connectivity index (χ4v) is 11.5. The number of hydrogen-bond donors (Lipinski definition) is 19. The largest absolute Gasteiger partial charge is 0.508 e. The minimum atomic E-state index is -1.68. The monoisotopic (exact) mass is 1510 g/mol. The number of nitrogens with one attached hydrogen (secondary N) is 11. The number of amides is 12. The van der Waals surface area contributed by atoms with Gasteiger partial charge in [0.1, 0.15) is 78.0 Å². The lowest BCUT2D eigenvalue weighted by atomic mass is 9.95. The number of phenolic OH excluding ortho intramolecular Hbond substituents is 2. The molecular weight excluding hydrogens is 1390 g/mol. The van der Waals surface area contributed by atoms with Gasteiger partial charge in [-0.3, -0.25) is 62.5 Å². The van der Waals surface area contributed by atoms with Crippen molar-refractivity contribution in [1.29, 1.82) is 0 Å². The van der Waals surface area contributed by atoms with Crippen LogP contribution in [0.3, 0.4) is 0 Å². The maximum Gasteiger partial charge on any atom is 0.326 e. The Morgan fingerprint density at radius 2 is 0.802 bits per heavy atom. The third-order valence-electron chi connectivity index (χ3n) is 18.0. The number of benzene rings is 2. The summed E-state index contributed by atoms with van der Waals surface area (Å²) < 4.78 is 0. The Labute approximate surface area is 626 Å². The first kappa shape index (κ1) is 92.8. The third kappa shape index (κ3) is 33.9. The number of phenols is 2. The van der Waals surface area contributed by atoms with Gasteiger partial charge in [0, 0.05) is 13.0 Å². The zero-order chi connectivity index (χ0) is 80.1. The number of nitrogens with zero attached hydrogens (tertiary/aromatic N) is 1. The van der Waals surface area contributed by atoms with E-state index in [1.54, 1.807) is 59.9 Å². The fourth-order valence-electron chi connectivity index (χ4n) is 11.1. The first-order chi connectivity index (χ1) is 49.9. The van der Waals surface area contributed by atoms with E-state index in [2.05, 4.69) is 63.5 Å². The number of carboxylic acid groups (broad SMARTS) is 1. The van der Waals surface area contributed by atoms with Crippen LogP contribution < -0.4 is 87.2 Å². The first-order valence-electron chi connectivity index (χ1n) is 36.3. The van der Waals surface area contributed by atoms with E-state index in [0.29, 0.717) is 36.1 Å². The summed E-state index contributed by atoms with van der Waals surface area (Å²) in [5, 5.41) is 59.1. The number of carboxylic acids is 1. The molecule has 0 radical (unpaired) electrons. The Morgan fingerprint density at radius 1 is 0.434 bits per heavy atom. The number of carbonyl (C=O) groups is 13. The molecule has 2 aromatic rings. The van der Waals surface area contributed by atoms with Crippen molar-refractivity contribution in [3.8, 4) is 11.5 Å². The number of unbranched alkanes of at least 4 members (excludes halogenated alkanes) is 1. The van der Waals surface area contributed by atoms with Gasteiger partial charge in [-0.2, -0.15) is 11.8 Å². The highest BCUT2D eigenvalue weighted by Crippen LogP contribution is 2.19. The molecule has 106 heavy (non-hydrogen) atoms. The van der Waals surface area contributed by atoms with Gasteiger partial charge in [-0.1, -0.05) is 113 Å². The highest BCUT2D eigenvalue weighted by atomic mass is 32.2. The average molecular weight is 1510 g/mol. The summed E-state index contributed by atoms with van der Waals surface area (Å²) in [5.41, 5.74) is 29.8. The summed E-state index contributed by atoms with van der Waals surface area (Å²) >= 11 is 1.34. The normalized spacial score (nSPS) is 15.5. The molecule has 0 saturated heterocycles. The van der Waals surface area contributed by atoms with Crippen LogP contribution in [-0.4, -0.2) is 196 Å². The van der Waals surface area contributed by atoms with Gasteiger partial charge in [-0.15, -0.1) is 0 Å². The lowest BCUT2D eigenvalue weighted by Gasteiger charge is -2.31. The number of guanidine groups is 1. The highest BCUT2D eigenvalue weighted by Gasteiger charge is 2.39. The van der Waals surface area contributed by atoms with E-state index in [4.69, 9.17) is 28.7 Å².